The summed E-state index contributed by atoms with van der Waals surface area (Å²) in [6.45, 7) is 5.72. The Morgan fingerprint density at radius 1 is 1.23 bits per heavy atom. The Labute approximate surface area is 174 Å². The zero-order valence-electron chi connectivity index (χ0n) is 15.6. The summed E-state index contributed by atoms with van der Waals surface area (Å²) in [7, 11) is 0. The lowest BCUT2D eigenvalue weighted by molar-refractivity contribution is -0.121. The van der Waals surface area contributed by atoms with Gasteiger partial charge in [-0.2, -0.15) is 0 Å². The van der Waals surface area contributed by atoms with E-state index < -0.39 is 0 Å². The molecule has 5 nitrogen and oxygen atoms in total. The third kappa shape index (κ3) is 6.45. The highest BCUT2D eigenvalue weighted by molar-refractivity contribution is 14.0. The number of aliphatic imine (C=N–C) groups is 1. The predicted octanol–water partition coefficient (Wildman–Crippen LogP) is 3.12. The van der Waals surface area contributed by atoms with Gasteiger partial charge in [0.15, 0.2) is 5.96 Å². The van der Waals surface area contributed by atoms with Crippen LogP contribution >= 0.6 is 24.0 Å². The molecule has 1 aliphatic heterocycles. The smallest absolute Gasteiger partial charge is 0.220 e. The minimum absolute atomic E-state index is 0. The Kier molecular flexibility index (Phi) is 8.68. The van der Waals surface area contributed by atoms with Gasteiger partial charge in [0, 0.05) is 44.6 Å². The molecular formula is C20H31IN4O. The fraction of sp³-hybridized carbons (Fsp3) is 0.600. The van der Waals surface area contributed by atoms with E-state index in [4.69, 9.17) is 4.99 Å². The van der Waals surface area contributed by atoms with Crippen molar-refractivity contribution in [1.29, 1.82) is 0 Å². The van der Waals surface area contributed by atoms with Crippen LogP contribution in [-0.4, -0.2) is 49.0 Å². The molecule has 2 aliphatic rings. The number of nitrogens with one attached hydrogen (secondary N) is 2. The van der Waals surface area contributed by atoms with Crippen molar-refractivity contribution in [1.82, 2.24) is 15.5 Å². The van der Waals surface area contributed by atoms with Gasteiger partial charge in [-0.1, -0.05) is 30.3 Å². The summed E-state index contributed by atoms with van der Waals surface area (Å²) in [6, 6.07) is 11.2. The number of carbonyl (C=O) groups excluding carboxylic acids is 1. The number of carbonyl (C=O) groups is 1. The Morgan fingerprint density at radius 2 is 2.00 bits per heavy atom. The maximum Gasteiger partial charge on any atom is 0.220 e. The van der Waals surface area contributed by atoms with Gasteiger partial charge < -0.3 is 15.5 Å². The number of benzene rings is 1. The Bertz CT molecular complexity index is 589. The van der Waals surface area contributed by atoms with Crippen molar-refractivity contribution >= 4 is 35.8 Å². The van der Waals surface area contributed by atoms with Crippen molar-refractivity contribution in [3.63, 3.8) is 0 Å². The minimum Gasteiger partial charge on any atom is -0.357 e. The molecule has 0 bridgehead atoms. The van der Waals surface area contributed by atoms with Gasteiger partial charge in [-0.3, -0.25) is 9.79 Å². The van der Waals surface area contributed by atoms with E-state index in [1.807, 2.05) is 0 Å². The van der Waals surface area contributed by atoms with E-state index >= 15 is 0 Å². The van der Waals surface area contributed by atoms with Gasteiger partial charge in [0.25, 0.3) is 0 Å². The average molecular weight is 470 g/mol. The topological polar surface area (TPSA) is 56.7 Å². The van der Waals surface area contributed by atoms with Crippen LogP contribution in [0.4, 0.5) is 0 Å². The van der Waals surface area contributed by atoms with Crippen molar-refractivity contribution < 1.29 is 4.79 Å². The monoisotopic (exact) mass is 470 g/mol. The van der Waals surface area contributed by atoms with Crippen LogP contribution in [0, 0.1) is 0 Å². The highest BCUT2D eigenvalue weighted by atomic mass is 127. The fourth-order valence-electron chi connectivity index (χ4n) is 3.33. The second kappa shape index (κ2) is 10.7. The average Bonchev–Trinajstić information content (AvgIpc) is 3.30. The van der Waals surface area contributed by atoms with E-state index in [2.05, 4.69) is 52.8 Å². The third-order valence-electron chi connectivity index (χ3n) is 4.86. The van der Waals surface area contributed by atoms with Crippen molar-refractivity contribution in [3.05, 3.63) is 35.9 Å². The molecule has 1 heterocycles. The first-order valence-corrected chi connectivity index (χ1v) is 9.64. The van der Waals surface area contributed by atoms with E-state index in [-0.39, 0.29) is 29.9 Å². The Balaban J connectivity index is 0.00000243. The zero-order chi connectivity index (χ0) is 17.5. The second-order valence-corrected chi connectivity index (χ2v) is 7.02. The van der Waals surface area contributed by atoms with Crippen molar-refractivity contribution in [2.45, 2.75) is 51.0 Å². The number of halogens is 1. The molecule has 26 heavy (non-hydrogen) atoms. The minimum atomic E-state index is 0. The molecule has 1 saturated carbocycles. The molecule has 1 amide bonds. The number of guanidine groups is 1. The maximum absolute atomic E-state index is 11.7. The lowest BCUT2D eigenvalue weighted by Crippen LogP contribution is -2.40. The van der Waals surface area contributed by atoms with Crippen molar-refractivity contribution in [3.8, 4) is 0 Å². The van der Waals surface area contributed by atoms with Crippen LogP contribution in [0.1, 0.15) is 50.5 Å². The molecule has 1 atom stereocenters. The van der Waals surface area contributed by atoms with Crippen LogP contribution in [-0.2, 0) is 4.79 Å². The summed E-state index contributed by atoms with van der Waals surface area (Å²) >= 11 is 0. The number of hydrogen-bond donors (Lipinski definition) is 2. The quantitative estimate of drug-likeness (QED) is 0.279. The first kappa shape index (κ1) is 21.0. The predicted molar refractivity (Wildman–Crippen MR) is 117 cm³/mol. The Morgan fingerprint density at radius 3 is 2.69 bits per heavy atom. The Hall–Kier alpha value is -1.31. The van der Waals surface area contributed by atoms with Gasteiger partial charge in [-0.25, -0.2) is 0 Å². The molecule has 1 aromatic carbocycles. The zero-order valence-corrected chi connectivity index (χ0v) is 17.9. The summed E-state index contributed by atoms with van der Waals surface area (Å²) in [4.78, 5) is 18.8. The number of nitrogens with zero attached hydrogens (tertiary/aromatic N) is 2. The standard InChI is InChI=1S/C20H30N4O.HI/c1-2-21-20(22-13-6-9-19(25)23-18-10-11-18)24-14-12-17(15-24)16-7-4-3-5-8-16;/h3-5,7-8,17-18H,2,6,9-15H2,1H3,(H,21,22)(H,23,25);1H. The van der Waals surface area contributed by atoms with E-state index in [1.54, 1.807) is 0 Å². The maximum atomic E-state index is 11.7. The van der Waals surface area contributed by atoms with Gasteiger partial charge in [-0.05, 0) is 38.2 Å². The van der Waals surface area contributed by atoms with E-state index in [9.17, 15) is 4.79 Å². The largest absolute Gasteiger partial charge is 0.357 e. The number of amides is 1. The van der Waals surface area contributed by atoms with Gasteiger partial charge in [-0.15, -0.1) is 24.0 Å². The first-order valence-electron chi connectivity index (χ1n) is 9.64. The molecule has 0 radical (unpaired) electrons. The third-order valence-corrected chi connectivity index (χ3v) is 4.86. The number of likely N-dealkylation sites (tertiary alicyclic amines) is 1. The molecule has 3 rings (SSSR count). The molecule has 0 spiro atoms. The normalized spacial score (nSPS) is 19.8. The van der Waals surface area contributed by atoms with Crippen LogP contribution < -0.4 is 10.6 Å². The first-order chi connectivity index (χ1) is 12.3. The molecule has 144 valence electrons. The number of rotatable bonds is 7. The summed E-state index contributed by atoms with van der Waals surface area (Å²) in [5.41, 5.74) is 1.41. The molecule has 1 aromatic rings. The fourth-order valence-corrected chi connectivity index (χ4v) is 3.33. The van der Waals surface area contributed by atoms with Gasteiger partial charge in [0.1, 0.15) is 0 Å². The van der Waals surface area contributed by atoms with Crippen LogP contribution in [0.5, 0.6) is 0 Å². The van der Waals surface area contributed by atoms with Crippen LogP contribution in [0.15, 0.2) is 35.3 Å². The van der Waals surface area contributed by atoms with Crippen molar-refractivity contribution in [2.75, 3.05) is 26.2 Å². The molecule has 0 aromatic heterocycles. The van der Waals surface area contributed by atoms with Crippen LogP contribution in [0.2, 0.25) is 0 Å². The van der Waals surface area contributed by atoms with Crippen LogP contribution in [0.25, 0.3) is 0 Å². The lowest BCUT2D eigenvalue weighted by Gasteiger charge is -2.21. The van der Waals surface area contributed by atoms with Gasteiger partial charge in [0.05, 0.1) is 0 Å². The SMILES string of the molecule is CCNC(=NCCCC(=O)NC1CC1)N1CCC(c2ccccc2)C1.I. The summed E-state index contributed by atoms with van der Waals surface area (Å²) in [5.74, 6) is 1.74. The second-order valence-electron chi connectivity index (χ2n) is 7.02. The van der Waals surface area contributed by atoms with Crippen molar-refractivity contribution in [2.24, 2.45) is 4.99 Å². The molecule has 1 saturated heterocycles. The van der Waals surface area contributed by atoms with Crippen LogP contribution in [0.3, 0.4) is 0 Å². The molecular weight excluding hydrogens is 439 g/mol. The summed E-state index contributed by atoms with van der Waals surface area (Å²) in [5, 5.41) is 6.44. The van der Waals surface area contributed by atoms with Gasteiger partial charge >= 0.3 is 0 Å². The molecule has 2 fully saturated rings. The molecule has 1 unspecified atom stereocenters. The highest BCUT2D eigenvalue weighted by Gasteiger charge is 2.26. The highest BCUT2D eigenvalue weighted by Crippen LogP contribution is 2.26. The van der Waals surface area contributed by atoms with Gasteiger partial charge in [0.2, 0.25) is 5.91 Å². The molecule has 1 aliphatic carbocycles. The van der Waals surface area contributed by atoms with E-state index in [0.717, 1.165) is 51.3 Å². The summed E-state index contributed by atoms with van der Waals surface area (Å²) in [6.07, 6.45) is 4.84. The number of hydrogen-bond acceptors (Lipinski definition) is 2. The molecule has 6 heteroatoms. The summed E-state index contributed by atoms with van der Waals surface area (Å²) < 4.78 is 0. The van der Waals surface area contributed by atoms with E-state index in [0.29, 0.717) is 24.9 Å². The van der Waals surface area contributed by atoms with E-state index in [1.165, 1.54) is 5.56 Å². The lowest BCUT2D eigenvalue weighted by atomic mass is 9.99. The molecule has 2 N–H and O–H groups in total.